The zero-order valence-electron chi connectivity index (χ0n) is 12.7. The minimum atomic E-state index is -3.80. The average Bonchev–Trinajstić information content (AvgIpc) is 3.16. The smallest absolute Gasteiger partial charge is 0.294 e. The molecule has 0 radical (unpaired) electrons. The van der Waals surface area contributed by atoms with Crippen molar-refractivity contribution in [3.05, 3.63) is 68.0 Å². The molecular weight excluding hydrogens is 464 g/mol. The van der Waals surface area contributed by atoms with E-state index < -0.39 is 10.0 Å². The van der Waals surface area contributed by atoms with Crippen LogP contribution in [0.1, 0.15) is 0 Å². The van der Waals surface area contributed by atoms with Gasteiger partial charge in [0.05, 0.1) is 10.0 Å². The van der Waals surface area contributed by atoms with Crippen molar-refractivity contribution in [3.8, 4) is 11.3 Å². The predicted octanol–water partition coefficient (Wildman–Crippen LogP) is 5.17. The number of nitrogens with zero attached hydrogens (tertiary/aromatic N) is 2. The first-order chi connectivity index (χ1) is 11.9. The fourth-order valence-corrected chi connectivity index (χ4v) is 6.01. The van der Waals surface area contributed by atoms with Crippen LogP contribution in [0.2, 0.25) is 4.34 Å². The van der Waals surface area contributed by atoms with Gasteiger partial charge in [0.2, 0.25) is 4.80 Å². The van der Waals surface area contributed by atoms with Gasteiger partial charge in [-0.25, -0.2) is 0 Å². The summed E-state index contributed by atoms with van der Waals surface area (Å²) < 4.78 is 32.4. The number of aromatic nitrogens is 1. The van der Waals surface area contributed by atoms with Crippen molar-refractivity contribution in [1.29, 1.82) is 0 Å². The largest absolute Gasteiger partial charge is 0.312 e. The van der Waals surface area contributed by atoms with Gasteiger partial charge in [0, 0.05) is 16.4 Å². The zero-order chi connectivity index (χ0) is 18.0. The van der Waals surface area contributed by atoms with Crippen LogP contribution in [0.4, 0.5) is 0 Å². The third-order valence-electron chi connectivity index (χ3n) is 3.25. The first kappa shape index (κ1) is 18.6. The molecule has 0 atom stereocenters. The second-order valence-electron chi connectivity index (χ2n) is 4.93. The lowest BCUT2D eigenvalue weighted by Crippen LogP contribution is -2.17. The monoisotopic (exact) mass is 474 g/mol. The lowest BCUT2D eigenvalue weighted by molar-refractivity contribution is 0.597. The van der Waals surface area contributed by atoms with Crippen LogP contribution < -0.4 is 4.80 Å². The standard InChI is InChI=1S/C16H12BrClN2O2S3/c1-2-9-20-13(11-3-5-12(17)6-4-11)10-23-16(20)19-25(21,22)15-8-7-14(18)24-15/h2-8,10H,1,9H2/b19-16+. The van der Waals surface area contributed by atoms with Crippen LogP contribution in [0.15, 0.2) is 67.5 Å². The number of thiophene rings is 1. The van der Waals surface area contributed by atoms with Crippen molar-refractivity contribution in [2.75, 3.05) is 0 Å². The maximum absolute atomic E-state index is 12.5. The molecule has 0 amide bonds. The Balaban J connectivity index is 2.14. The van der Waals surface area contributed by atoms with Gasteiger partial charge in [0.25, 0.3) is 10.0 Å². The topological polar surface area (TPSA) is 51.4 Å². The van der Waals surface area contributed by atoms with E-state index in [2.05, 4.69) is 26.9 Å². The molecule has 2 heterocycles. The molecule has 2 aromatic heterocycles. The number of rotatable bonds is 5. The van der Waals surface area contributed by atoms with E-state index in [0.717, 1.165) is 27.1 Å². The molecule has 25 heavy (non-hydrogen) atoms. The van der Waals surface area contributed by atoms with Crippen LogP contribution in [0.5, 0.6) is 0 Å². The van der Waals surface area contributed by atoms with Gasteiger partial charge < -0.3 is 4.57 Å². The summed E-state index contributed by atoms with van der Waals surface area (Å²) in [4.78, 5) is 0.391. The lowest BCUT2D eigenvalue weighted by Gasteiger charge is -2.06. The molecule has 0 fully saturated rings. The highest BCUT2D eigenvalue weighted by Crippen LogP contribution is 2.27. The number of allylic oxidation sites excluding steroid dienone is 1. The SMILES string of the molecule is C=CCn1c(-c2ccc(Br)cc2)cs/c1=N/S(=O)(=O)c1ccc(Cl)s1. The van der Waals surface area contributed by atoms with Crippen LogP contribution in [-0.2, 0) is 16.6 Å². The van der Waals surface area contributed by atoms with Crippen LogP contribution in [-0.4, -0.2) is 13.0 Å². The highest BCUT2D eigenvalue weighted by Gasteiger charge is 2.17. The van der Waals surface area contributed by atoms with Gasteiger partial charge >= 0.3 is 0 Å². The highest BCUT2D eigenvalue weighted by molar-refractivity contribution is 9.10. The maximum Gasteiger partial charge on any atom is 0.294 e. The second kappa shape index (κ2) is 7.59. The van der Waals surface area contributed by atoms with Gasteiger partial charge in [-0.1, -0.05) is 45.7 Å². The van der Waals surface area contributed by atoms with Crippen molar-refractivity contribution >= 4 is 60.2 Å². The lowest BCUT2D eigenvalue weighted by atomic mass is 10.2. The van der Waals surface area contributed by atoms with Crippen LogP contribution in [0, 0.1) is 0 Å². The minimum Gasteiger partial charge on any atom is -0.312 e. The molecule has 0 unspecified atom stereocenters. The van der Waals surface area contributed by atoms with Gasteiger partial charge in [-0.3, -0.25) is 0 Å². The van der Waals surface area contributed by atoms with Crippen LogP contribution in [0.3, 0.4) is 0 Å². The fraction of sp³-hybridized carbons (Fsp3) is 0.0625. The number of hydrogen-bond donors (Lipinski definition) is 0. The Bertz CT molecular complexity index is 1080. The van der Waals surface area contributed by atoms with Crippen molar-refractivity contribution < 1.29 is 8.42 Å². The summed E-state index contributed by atoms with van der Waals surface area (Å²) in [5, 5.41) is 1.89. The van der Waals surface area contributed by atoms with E-state index in [9.17, 15) is 8.42 Å². The van der Waals surface area contributed by atoms with Crippen molar-refractivity contribution in [1.82, 2.24) is 4.57 Å². The summed E-state index contributed by atoms with van der Waals surface area (Å²) in [6, 6.07) is 10.8. The average molecular weight is 476 g/mol. The van der Waals surface area contributed by atoms with Crippen LogP contribution >= 0.6 is 50.2 Å². The van der Waals surface area contributed by atoms with Gasteiger partial charge in [-0.15, -0.1) is 33.7 Å². The van der Waals surface area contributed by atoms with E-state index in [1.807, 2.05) is 34.2 Å². The molecular formula is C16H12BrClN2O2S3. The molecule has 0 aliphatic carbocycles. The summed E-state index contributed by atoms with van der Waals surface area (Å²) in [6.07, 6.45) is 1.71. The highest BCUT2D eigenvalue weighted by atomic mass is 79.9. The first-order valence-electron chi connectivity index (χ1n) is 7.02. The number of hydrogen-bond acceptors (Lipinski definition) is 4. The van der Waals surface area contributed by atoms with E-state index in [-0.39, 0.29) is 4.21 Å². The molecule has 0 saturated heterocycles. The Hall–Kier alpha value is -1.19. The summed E-state index contributed by atoms with van der Waals surface area (Å²) >= 11 is 11.5. The Labute approximate surface area is 166 Å². The van der Waals surface area contributed by atoms with E-state index in [1.54, 1.807) is 12.1 Å². The third kappa shape index (κ3) is 4.15. The Morgan fingerprint density at radius 3 is 2.56 bits per heavy atom. The molecule has 0 aliphatic heterocycles. The number of halogens is 2. The second-order valence-corrected chi connectivity index (χ2v) is 10.2. The molecule has 130 valence electrons. The molecule has 0 aliphatic rings. The Kier molecular flexibility index (Phi) is 5.65. The maximum atomic E-state index is 12.5. The minimum absolute atomic E-state index is 0.126. The van der Waals surface area contributed by atoms with Crippen molar-refractivity contribution in [3.63, 3.8) is 0 Å². The van der Waals surface area contributed by atoms with E-state index in [0.29, 0.717) is 15.7 Å². The Morgan fingerprint density at radius 1 is 1.24 bits per heavy atom. The number of benzene rings is 1. The molecule has 1 aromatic carbocycles. The molecule has 0 saturated carbocycles. The predicted molar refractivity (Wildman–Crippen MR) is 108 cm³/mol. The first-order valence-corrected chi connectivity index (χ1v) is 11.3. The van der Waals surface area contributed by atoms with Crippen molar-refractivity contribution in [2.24, 2.45) is 4.40 Å². The molecule has 0 spiro atoms. The molecule has 0 N–H and O–H groups in total. The summed E-state index contributed by atoms with van der Waals surface area (Å²) in [6.45, 7) is 4.21. The quantitative estimate of drug-likeness (QED) is 0.478. The molecule has 9 heteroatoms. The van der Waals surface area contributed by atoms with Gasteiger partial charge in [0.15, 0.2) is 0 Å². The number of sulfonamides is 1. The number of thiazole rings is 1. The molecule has 3 rings (SSSR count). The summed E-state index contributed by atoms with van der Waals surface area (Å²) in [5.74, 6) is 0. The molecule has 4 nitrogen and oxygen atoms in total. The third-order valence-corrected chi connectivity index (χ3v) is 7.72. The van der Waals surface area contributed by atoms with Gasteiger partial charge in [-0.05, 0) is 29.8 Å². The zero-order valence-corrected chi connectivity index (χ0v) is 17.5. The van der Waals surface area contributed by atoms with Crippen molar-refractivity contribution in [2.45, 2.75) is 10.8 Å². The van der Waals surface area contributed by atoms with Gasteiger partial charge in [-0.2, -0.15) is 8.42 Å². The summed E-state index contributed by atoms with van der Waals surface area (Å²) in [7, 11) is -3.80. The van der Waals surface area contributed by atoms with E-state index >= 15 is 0 Å². The molecule has 3 aromatic rings. The van der Waals surface area contributed by atoms with Gasteiger partial charge in [0.1, 0.15) is 4.21 Å². The normalized spacial score (nSPS) is 12.5. The molecule has 0 bridgehead atoms. The van der Waals surface area contributed by atoms with E-state index in [1.165, 1.54) is 17.4 Å². The Morgan fingerprint density at radius 2 is 1.96 bits per heavy atom. The summed E-state index contributed by atoms with van der Waals surface area (Å²) in [5.41, 5.74) is 1.86. The van der Waals surface area contributed by atoms with E-state index in [4.69, 9.17) is 11.6 Å². The fourth-order valence-electron chi connectivity index (χ4n) is 2.14. The van der Waals surface area contributed by atoms with Crippen LogP contribution in [0.25, 0.3) is 11.3 Å².